The highest BCUT2D eigenvalue weighted by Crippen LogP contribution is 2.39. The first-order chi connectivity index (χ1) is 10.6. The Bertz CT molecular complexity index is 618. The molecule has 1 saturated heterocycles. The third-order valence-corrected chi connectivity index (χ3v) is 5.67. The molecule has 2 rings (SSSR count). The minimum absolute atomic E-state index is 0.0673. The number of hydrogen-bond acceptors (Lipinski definition) is 5. The molecule has 0 radical (unpaired) electrons. The average Bonchev–Trinajstić information content (AvgIpc) is 2.65. The number of aromatic nitrogens is 1. The van der Waals surface area contributed by atoms with Crippen molar-refractivity contribution in [3.05, 3.63) is 34.0 Å². The van der Waals surface area contributed by atoms with E-state index in [4.69, 9.17) is 9.31 Å². The maximum Gasteiger partial charge on any atom is 0.491 e. The zero-order valence-corrected chi connectivity index (χ0v) is 16.5. The molecule has 0 aliphatic carbocycles. The van der Waals surface area contributed by atoms with Gasteiger partial charge in [0.25, 0.3) is 0 Å². The van der Waals surface area contributed by atoms with E-state index in [1.807, 2.05) is 45.9 Å². The van der Waals surface area contributed by atoms with Gasteiger partial charge < -0.3 is 9.31 Å². The second-order valence-corrected chi connectivity index (χ2v) is 8.37. The Hall–Kier alpha value is -0.625. The molecule has 0 amide bonds. The van der Waals surface area contributed by atoms with Gasteiger partial charge in [0.15, 0.2) is 5.12 Å². The zero-order chi connectivity index (χ0) is 17.3. The first kappa shape index (κ1) is 18.7. The monoisotopic (exact) mass is 397 g/mol. The van der Waals surface area contributed by atoms with Crippen LogP contribution >= 0.6 is 27.7 Å². The molecule has 0 saturated carbocycles. The minimum atomic E-state index is -0.473. The molecular formula is C16H21BBrNO3S. The van der Waals surface area contributed by atoms with Gasteiger partial charge in [-0.3, -0.25) is 4.79 Å². The van der Waals surface area contributed by atoms with E-state index in [-0.39, 0.29) is 5.12 Å². The fourth-order valence-electron chi connectivity index (χ4n) is 2.06. The van der Waals surface area contributed by atoms with Crippen molar-refractivity contribution in [2.24, 2.45) is 0 Å². The van der Waals surface area contributed by atoms with Crippen molar-refractivity contribution >= 4 is 46.0 Å². The highest BCUT2D eigenvalue weighted by atomic mass is 79.9. The van der Waals surface area contributed by atoms with E-state index in [0.717, 1.165) is 15.6 Å². The lowest BCUT2D eigenvalue weighted by Crippen LogP contribution is -2.41. The standard InChI is InChI=1S/C16H21BBrNO3S/c1-11(20)23-10-13(9-12-7-6-8-19-14(12)18)17-21-15(2,3)16(4,5)22-17/h6-9H,10H2,1-5H3. The maximum atomic E-state index is 11.4. The molecule has 2 heterocycles. The van der Waals surface area contributed by atoms with Crippen molar-refractivity contribution < 1.29 is 14.1 Å². The molecule has 0 aromatic carbocycles. The van der Waals surface area contributed by atoms with Crippen LogP contribution < -0.4 is 0 Å². The molecule has 0 bridgehead atoms. The Kier molecular flexibility index (Phi) is 5.77. The highest BCUT2D eigenvalue weighted by Gasteiger charge is 2.52. The number of thioether (sulfide) groups is 1. The molecule has 0 unspecified atom stereocenters. The SMILES string of the molecule is CC(=O)SCC(=Cc1cccnc1Br)B1OC(C)(C)C(C)(C)O1. The molecule has 1 fully saturated rings. The first-order valence-corrected chi connectivity index (χ1v) is 9.20. The fraction of sp³-hybridized carbons (Fsp3) is 0.500. The van der Waals surface area contributed by atoms with Gasteiger partial charge in [0, 0.05) is 24.4 Å². The van der Waals surface area contributed by atoms with E-state index in [9.17, 15) is 4.79 Å². The van der Waals surface area contributed by atoms with Crippen molar-refractivity contribution in [2.75, 3.05) is 5.75 Å². The highest BCUT2D eigenvalue weighted by molar-refractivity contribution is 9.10. The molecule has 124 valence electrons. The summed E-state index contributed by atoms with van der Waals surface area (Å²) in [6, 6.07) is 3.83. The van der Waals surface area contributed by atoms with Crippen molar-refractivity contribution in [3.8, 4) is 0 Å². The third kappa shape index (κ3) is 4.47. The summed E-state index contributed by atoms with van der Waals surface area (Å²) in [7, 11) is -0.473. The maximum absolute atomic E-state index is 11.4. The summed E-state index contributed by atoms with van der Waals surface area (Å²) < 4.78 is 13.0. The Balaban J connectivity index is 2.32. The van der Waals surface area contributed by atoms with Crippen LogP contribution in [-0.4, -0.2) is 34.2 Å². The molecule has 1 aromatic heterocycles. The largest absolute Gasteiger partial charge is 0.491 e. The van der Waals surface area contributed by atoms with Crippen LogP contribution in [0.2, 0.25) is 0 Å². The summed E-state index contributed by atoms with van der Waals surface area (Å²) in [4.78, 5) is 15.6. The van der Waals surface area contributed by atoms with E-state index in [1.165, 1.54) is 11.8 Å². The van der Waals surface area contributed by atoms with Crippen LogP contribution in [0.25, 0.3) is 6.08 Å². The van der Waals surface area contributed by atoms with Gasteiger partial charge >= 0.3 is 7.12 Å². The number of carbonyl (C=O) groups excluding carboxylic acids is 1. The van der Waals surface area contributed by atoms with Gasteiger partial charge in [-0.15, -0.1) is 0 Å². The number of carbonyl (C=O) groups is 1. The van der Waals surface area contributed by atoms with Gasteiger partial charge in [0.2, 0.25) is 0 Å². The molecule has 4 nitrogen and oxygen atoms in total. The summed E-state index contributed by atoms with van der Waals surface area (Å²) >= 11 is 4.70. The molecule has 0 spiro atoms. The van der Waals surface area contributed by atoms with Crippen LogP contribution in [0.5, 0.6) is 0 Å². The van der Waals surface area contributed by atoms with E-state index in [1.54, 1.807) is 13.1 Å². The predicted molar refractivity (Wildman–Crippen MR) is 99.1 cm³/mol. The molecule has 1 aromatic rings. The number of nitrogens with zero attached hydrogens (tertiary/aromatic N) is 1. The lowest BCUT2D eigenvalue weighted by atomic mass is 9.78. The van der Waals surface area contributed by atoms with E-state index >= 15 is 0 Å². The summed E-state index contributed by atoms with van der Waals surface area (Å²) in [5.41, 5.74) is 1.02. The van der Waals surface area contributed by atoms with Crippen LogP contribution in [0, 0.1) is 0 Å². The molecule has 1 aliphatic rings. The van der Waals surface area contributed by atoms with Crippen molar-refractivity contribution in [2.45, 2.75) is 45.8 Å². The van der Waals surface area contributed by atoms with Gasteiger partial charge in [-0.1, -0.05) is 23.9 Å². The van der Waals surface area contributed by atoms with Crippen molar-refractivity contribution in [3.63, 3.8) is 0 Å². The van der Waals surface area contributed by atoms with E-state index in [2.05, 4.69) is 20.9 Å². The van der Waals surface area contributed by atoms with Crippen molar-refractivity contribution in [1.82, 2.24) is 4.98 Å². The van der Waals surface area contributed by atoms with Crippen molar-refractivity contribution in [1.29, 1.82) is 0 Å². The Morgan fingerprint density at radius 2 is 1.96 bits per heavy atom. The fourth-order valence-corrected chi connectivity index (χ4v) is 3.02. The zero-order valence-electron chi connectivity index (χ0n) is 14.1. The molecule has 0 atom stereocenters. The second kappa shape index (κ2) is 7.09. The average molecular weight is 398 g/mol. The van der Waals surface area contributed by atoms with Gasteiger partial charge in [-0.25, -0.2) is 4.98 Å². The van der Waals surface area contributed by atoms with Crippen LogP contribution in [0.4, 0.5) is 0 Å². The predicted octanol–water partition coefficient (Wildman–Crippen LogP) is 4.14. The van der Waals surface area contributed by atoms with E-state index < -0.39 is 18.3 Å². The van der Waals surface area contributed by atoms with Crippen LogP contribution in [0.15, 0.2) is 28.4 Å². The lowest BCUT2D eigenvalue weighted by molar-refractivity contribution is -0.109. The molecule has 1 aliphatic heterocycles. The van der Waals surface area contributed by atoms with Gasteiger partial charge in [0.05, 0.1) is 11.2 Å². The Labute approximate surface area is 150 Å². The summed E-state index contributed by atoms with van der Waals surface area (Å²) in [6.45, 7) is 9.63. The molecule has 7 heteroatoms. The van der Waals surface area contributed by atoms with Crippen LogP contribution in [0.3, 0.4) is 0 Å². The number of halogens is 1. The topological polar surface area (TPSA) is 48.4 Å². The molecule has 0 N–H and O–H groups in total. The normalized spacial score (nSPS) is 19.9. The van der Waals surface area contributed by atoms with E-state index in [0.29, 0.717) is 5.75 Å². The third-order valence-electron chi connectivity index (χ3n) is 4.13. The van der Waals surface area contributed by atoms with Crippen LogP contribution in [0.1, 0.15) is 40.2 Å². The van der Waals surface area contributed by atoms with Gasteiger partial charge in [-0.2, -0.15) is 0 Å². The number of hydrogen-bond donors (Lipinski definition) is 0. The Morgan fingerprint density at radius 3 is 2.48 bits per heavy atom. The lowest BCUT2D eigenvalue weighted by Gasteiger charge is -2.32. The Morgan fingerprint density at radius 1 is 1.35 bits per heavy atom. The molecular weight excluding hydrogens is 377 g/mol. The first-order valence-electron chi connectivity index (χ1n) is 7.42. The smallest absolute Gasteiger partial charge is 0.400 e. The number of pyridine rings is 1. The second-order valence-electron chi connectivity index (χ2n) is 6.47. The quantitative estimate of drug-likeness (QED) is 0.564. The van der Waals surface area contributed by atoms with Crippen LogP contribution in [-0.2, 0) is 14.1 Å². The van der Waals surface area contributed by atoms with Gasteiger partial charge in [0.1, 0.15) is 4.60 Å². The molecule has 23 heavy (non-hydrogen) atoms. The summed E-state index contributed by atoms with van der Waals surface area (Å²) in [5.74, 6) is 0.521. The summed E-state index contributed by atoms with van der Waals surface area (Å²) in [5, 5.41) is 0.0673. The number of rotatable bonds is 4. The van der Waals surface area contributed by atoms with Gasteiger partial charge in [-0.05, 0) is 55.2 Å². The minimum Gasteiger partial charge on any atom is -0.400 e. The summed E-state index contributed by atoms with van der Waals surface area (Å²) in [6.07, 6.45) is 3.70.